The molecule has 0 fully saturated rings. The Balaban J connectivity index is 1.85. The van der Waals surface area contributed by atoms with E-state index in [2.05, 4.69) is 10.3 Å². The van der Waals surface area contributed by atoms with Gasteiger partial charge in [-0.1, -0.05) is 12.1 Å². The zero-order valence-corrected chi connectivity index (χ0v) is 12.4. The van der Waals surface area contributed by atoms with Crippen molar-refractivity contribution in [2.24, 2.45) is 0 Å². The Morgan fingerprint density at radius 3 is 2.95 bits per heavy atom. The number of benzene rings is 1. The lowest BCUT2D eigenvalue weighted by Crippen LogP contribution is -2.08. The molecule has 0 bridgehead atoms. The molecule has 3 rings (SSSR count). The maximum atomic E-state index is 12.0. The van der Waals surface area contributed by atoms with Crippen molar-refractivity contribution in [3.05, 3.63) is 64.5 Å². The van der Waals surface area contributed by atoms with Gasteiger partial charge in [0.05, 0.1) is 11.2 Å². The molecule has 0 atom stereocenters. The molecule has 0 radical (unpaired) electrons. The zero-order chi connectivity index (χ0) is 14.7. The van der Waals surface area contributed by atoms with Crippen LogP contribution in [-0.2, 0) is 4.79 Å². The fourth-order valence-electron chi connectivity index (χ4n) is 2.14. The van der Waals surface area contributed by atoms with Crippen LogP contribution in [0.4, 0.5) is 5.69 Å². The number of anilines is 1. The highest BCUT2D eigenvalue weighted by atomic mass is 32.1. The van der Waals surface area contributed by atoms with Crippen molar-refractivity contribution >= 4 is 39.9 Å². The van der Waals surface area contributed by atoms with E-state index < -0.39 is 0 Å². The molecule has 3 aromatic rings. The van der Waals surface area contributed by atoms with Crippen LogP contribution in [0.15, 0.2) is 54.1 Å². The third kappa shape index (κ3) is 3.01. The SMILES string of the molecule is Cc1ccc(NC(=O)/C=C/c2cccs2)c2cccnc12. The lowest BCUT2D eigenvalue weighted by Gasteiger charge is -2.08. The summed E-state index contributed by atoms with van der Waals surface area (Å²) in [5.41, 5.74) is 2.79. The summed E-state index contributed by atoms with van der Waals surface area (Å²) in [6.07, 6.45) is 5.13. The summed E-state index contributed by atoms with van der Waals surface area (Å²) < 4.78 is 0. The number of carbonyl (C=O) groups excluding carboxylic acids is 1. The normalized spacial score (nSPS) is 11.1. The van der Waals surface area contributed by atoms with Crippen molar-refractivity contribution in [3.63, 3.8) is 0 Å². The fourth-order valence-corrected chi connectivity index (χ4v) is 2.76. The van der Waals surface area contributed by atoms with Gasteiger partial charge in [0.1, 0.15) is 0 Å². The number of hydrogen-bond donors (Lipinski definition) is 1. The molecule has 104 valence electrons. The number of amides is 1. The molecular formula is C17H14N2OS. The molecule has 1 amide bonds. The van der Waals surface area contributed by atoms with Crippen molar-refractivity contribution in [2.45, 2.75) is 6.92 Å². The van der Waals surface area contributed by atoms with Gasteiger partial charge in [-0.25, -0.2) is 0 Å². The molecular weight excluding hydrogens is 280 g/mol. The van der Waals surface area contributed by atoms with Crippen LogP contribution < -0.4 is 5.32 Å². The summed E-state index contributed by atoms with van der Waals surface area (Å²) in [5.74, 6) is -0.141. The van der Waals surface area contributed by atoms with Crippen LogP contribution in [0.1, 0.15) is 10.4 Å². The summed E-state index contributed by atoms with van der Waals surface area (Å²) in [6, 6.07) is 11.7. The molecule has 0 aliphatic carbocycles. The first-order valence-corrected chi connectivity index (χ1v) is 7.49. The lowest BCUT2D eigenvalue weighted by atomic mass is 10.1. The van der Waals surface area contributed by atoms with Crippen molar-refractivity contribution in [2.75, 3.05) is 5.32 Å². The summed E-state index contributed by atoms with van der Waals surface area (Å²) in [5, 5.41) is 5.85. The Morgan fingerprint density at radius 1 is 1.24 bits per heavy atom. The maximum absolute atomic E-state index is 12.0. The third-order valence-electron chi connectivity index (χ3n) is 3.17. The minimum atomic E-state index is -0.141. The molecule has 0 aliphatic rings. The van der Waals surface area contributed by atoms with Gasteiger partial charge in [-0.3, -0.25) is 9.78 Å². The predicted molar refractivity (Wildman–Crippen MR) is 88.5 cm³/mol. The number of pyridine rings is 1. The Labute approximate surface area is 127 Å². The molecule has 1 N–H and O–H groups in total. The van der Waals surface area contributed by atoms with Crippen LogP contribution in [0.3, 0.4) is 0 Å². The van der Waals surface area contributed by atoms with Crippen molar-refractivity contribution < 1.29 is 4.79 Å². The predicted octanol–water partition coefficient (Wildman–Crippen LogP) is 4.26. The number of nitrogens with one attached hydrogen (secondary N) is 1. The summed E-state index contributed by atoms with van der Waals surface area (Å²) in [4.78, 5) is 17.4. The first-order valence-electron chi connectivity index (χ1n) is 6.61. The van der Waals surface area contributed by atoms with Gasteiger partial charge >= 0.3 is 0 Å². The second-order valence-electron chi connectivity index (χ2n) is 4.67. The second-order valence-corrected chi connectivity index (χ2v) is 5.65. The highest BCUT2D eigenvalue weighted by Gasteiger charge is 2.06. The van der Waals surface area contributed by atoms with Crippen molar-refractivity contribution in [1.29, 1.82) is 0 Å². The average molecular weight is 294 g/mol. The zero-order valence-electron chi connectivity index (χ0n) is 11.5. The van der Waals surface area contributed by atoms with E-state index in [1.165, 1.54) is 0 Å². The minimum Gasteiger partial charge on any atom is -0.322 e. The van der Waals surface area contributed by atoms with Crippen LogP contribution in [-0.4, -0.2) is 10.9 Å². The molecule has 2 aromatic heterocycles. The van der Waals surface area contributed by atoms with Crippen LogP contribution in [0.2, 0.25) is 0 Å². The van der Waals surface area contributed by atoms with Crippen LogP contribution in [0.25, 0.3) is 17.0 Å². The first-order chi connectivity index (χ1) is 10.2. The molecule has 21 heavy (non-hydrogen) atoms. The second kappa shape index (κ2) is 5.89. The molecule has 3 nitrogen and oxygen atoms in total. The van der Waals surface area contributed by atoms with Gasteiger partial charge in [0.25, 0.3) is 0 Å². The molecule has 2 heterocycles. The van der Waals surface area contributed by atoms with E-state index in [9.17, 15) is 4.79 Å². The van der Waals surface area contributed by atoms with Gasteiger partial charge in [-0.2, -0.15) is 0 Å². The van der Waals surface area contributed by atoms with E-state index >= 15 is 0 Å². The van der Waals surface area contributed by atoms with E-state index in [0.29, 0.717) is 0 Å². The number of thiophene rings is 1. The number of hydrogen-bond acceptors (Lipinski definition) is 3. The molecule has 0 saturated carbocycles. The maximum Gasteiger partial charge on any atom is 0.248 e. The molecule has 0 saturated heterocycles. The molecule has 0 unspecified atom stereocenters. The fraction of sp³-hybridized carbons (Fsp3) is 0.0588. The molecule has 0 aliphatic heterocycles. The monoisotopic (exact) mass is 294 g/mol. The van der Waals surface area contributed by atoms with Crippen molar-refractivity contribution in [1.82, 2.24) is 4.98 Å². The van der Waals surface area contributed by atoms with Crippen LogP contribution >= 0.6 is 11.3 Å². The number of aryl methyl sites for hydroxylation is 1. The summed E-state index contributed by atoms with van der Waals surface area (Å²) >= 11 is 1.60. The van der Waals surface area contributed by atoms with Gasteiger partial charge in [0.15, 0.2) is 0 Å². The molecule has 4 heteroatoms. The lowest BCUT2D eigenvalue weighted by molar-refractivity contribution is -0.111. The van der Waals surface area contributed by atoms with Crippen LogP contribution in [0, 0.1) is 6.92 Å². The highest BCUT2D eigenvalue weighted by Crippen LogP contribution is 2.24. The van der Waals surface area contributed by atoms with Gasteiger partial charge in [0, 0.05) is 22.5 Å². The summed E-state index contributed by atoms with van der Waals surface area (Å²) in [7, 11) is 0. The van der Waals surface area contributed by atoms with E-state index in [1.54, 1.807) is 23.6 Å². The standard InChI is InChI=1S/C17H14N2OS/c1-12-6-8-15(14-5-2-10-18-17(12)14)19-16(20)9-7-13-4-3-11-21-13/h2-11H,1H3,(H,19,20)/b9-7+. The van der Waals surface area contributed by atoms with E-state index in [0.717, 1.165) is 27.0 Å². The number of fused-ring (bicyclic) bond motifs is 1. The highest BCUT2D eigenvalue weighted by molar-refractivity contribution is 7.10. The van der Waals surface area contributed by atoms with Gasteiger partial charge in [-0.05, 0) is 48.2 Å². The van der Waals surface area contributed by atoms with E-state index in [4.69, 9.17) is 0 Å². The van der Waals surface area contributed by atoms with E-state index in [1.807, 2.05) is 54.8 Å². The number of carbonyl (C=O) groups is 1. The van der Waals surface area contributed by atoms with Gasteiger partial charge in [0.2, 0.25) is 5.91 Å². The van der Waals surface area contributed by atoms with E-state index in [-0.39, 0.29) is 5.91 Å². The quantitative estimate of drug-likeness (QED) is 0.733. The minimum absolute atomic E-state index is 0.141. The van der Waals surface area contributed by atoms with Gasteiger partial charge in [-0.15, -0.1) is 11.3 Å². The van der Waals surface area contributed by atoms with Crippen molar-refractivity contribution in [3.8, 4) is 0 Å². The molecule has 0 spiro atoms. The number of rotatable bonds is 3. The molecule has 1 aromatic carbocycles. The number of aromatic nitrogens is 1. The van der Waals surface area contributed by atoms with Crippen LogP contribution in [0.5, 0.6) is 0 Å². The first kappa shape index (κ1) is 13.5. The van der Waals surface area contributed by atoms with Gasteiger partial charge < -0.3 is 5.32 Å². The summed E-state index contributed by atoms with van der Waals surface area (Å²) in [6.45, 7) is 2.01. The Bertz CT molecular complexity index is 807. The Hall–Kier alpha value is -2.46. The number of nitrogens with zero attached hydrogens (tertiary/aromatic N) is 1. The third-order valence-corrected chi connectivity index (χ3v) is 4.01. The Kier molecular flexibility index (Phi) is 3.79. The Morgan fingerprint density at radius 2 is 2.14 bits per heavy atom. The topological polar surface area (TPSA) is 42.0 Å². The largest absolute Gasteiger partial charge is 0.322 e. The smallest absolute Gasteiger partial charge is 0.248 e. The average Bonchev–Trinajstić information content (AvgIpc) is 3.02.